The zero-order valence-corrected chi connectivity index (χ0v) is 22.6. The zero-order chi connectivity index (χ0) is 25.8. The van der Waals surface area contributed by atoms with Crippen molar-refractivity contribution in [2.45, 2.75) is 93.4 Å². The molecule has 7 atom stereocenters. The van der Waals surface area contributed by atoms with E-state index in [0.717, 1.165) is 50.5 Å². The number of aldehydes is 2. The van der Waals surface area contributed by atoms with Crippen molar-refractivity contribution in [2.75, 3.05) is 0 Å². The highest BCUT2D eigenvalue weighted by atomic mass is 16.1. The second-order valence-electron chi connectivity index (χ2n) is 14.7. The summed E-state index contributed by atoms with van der Waals surface area (Å²) in [6.45, 7) is 15.3. The molecule has 0 aromatic carbocycles. The molecule has 5 aliphatic rings. The molecule has 3 fully saturated rings. The predicted molar refractivity (Wildman–Crippen MR) is 135 cm³/mol. The molecule has 0 heterocycles. The van der Waals surface area contributed by atoms with Crippen LogP contribution in [0.5, 0.6) is 0 Å². The van der Waals surface area contributed by atoms with Gasteiger partial charge < -0.3 is 4.79 Å². The average Bonchev–Trinajstić information content (AvgIpc) is 2.77. The number of hydrogen-bond acceptors (Lipinski definition) is 4. The van der Waals surface area contributed by atoms with Crippen molar-refractivity contribution in [3.63, 3.8) is 0 Å². The SMILES string of the molecule is CC1(C)CC[C@]2(C=O)CC[C@]3(C)C(C(=O)C=C4[C@@]5(C)C=C(C=O)C(=O)C(C)(C)[C@@H]5CC[C@]43C)C2C1. The molecule has 5 aliphatic carbocycles. The Hall–Kier alpha value is -1.84. The van der Waals surface area contributed by atoms with Gasteiger partial charge in [-0.05, 0) is 79.1 Å². The van der Waals surface area contributed by atoms with Gasteiger partial charge >= 0.3 is 0 Å². The van der Waals surface area contributed by atoms with E-state index >= 15 is 0 Å². The second-order valence-corrected chi connectivity index (χ2v) is 14.7. The smallest absolute Gasteiger partial charge is 0.171 e. The van der Waals surface area contributed by atoms with E-state index in [-0.39, 0.29) is 56.6 Å². The minimum absolute atomic E-state index is 0.0461. The standard InChI is InChI=1S/C31H42O4/c1-26(2)10-12-31(18-33)13-11-30(7)24(20(31)16-26)21(34)14-23-28(5)15-19(17-32)25(35)27(3,4)22(28)8-9-29(23,30)6/h14-15,17-18,20,22,24H,8-13,16H2,1-7H3/t20?,22-,24?,28-,29+,30+,31+/m0/s1. The third-order valence-corrected chi connectivity index (χ3v) is 12.2. The molecule has 190 valence electrons. The summed E-state index contributed by atoms with van der Waals surface area (Å²) in [7, 11) is 0. The van der Waals surface area contributed by atoms with E-state index in [9.17, 15) is 19.2 Å². The lowest BCUT2D eigenvalue weighted by Crippen LogP contribution is -2.65. The minimum atomic E-state index is -0.657. The van der Waals surface area contributed by atoms with Gasteiger partial charge in [0.2, 0.25) is 0 Å². The van der Waals surface area contributed by atoms with Gasteiger partial charge in [0.1, 0.15) is 6.29 Å². The summed E-state index contributed by atoms with van der Waals surface area (Å²) in [5, 5.41) is 0. The number of carbonyl (C=O) groups excluding carboxylic acids is 4. The Bertz CT molecular complexity index is 1090. The van der Waals surface area contributed by atoms with Crippen molar-refractivity contribution in [1.82, 2.24) is 0 Å². The van der Waals surface area contributed by atoms with Crippen LogP contribution in [0.15, 0.2) is 23.3 Å². The van der Waals surface area contributed by atoms with Gasteiger partial charge in [0, 0.05) is 22.2 Å². The highest BCUT2D eigenvalue weighted by molar-refractivity contribution is 6.15. The summed E-state index contributed by atoms with van der Waals surface area (Å²) < 4.78 is 0. The first-order valence-corrected chi connectivity index (χ1v) is 13.6. The van der Waals surface area contributed by atoms with Crippen molar-refractivity contribution in [3.05, 3.63) is 23.3 Å². The van der Waals surface area contributed by atoms with Crippen molar-refractivity contribution >= 4 is 24.1 Å². The fourth-order valence-corrected chi connectivity index (χ4v) is 9.93. The van der Waals surface area contributed by atoms with E-state index in [0.29, 0.717) is 6.29 Å². The molecule has 35 heavy (non-hydrogen) atoms. The van der Waals surface area contributed by atoms with Crippen LogP contribution in [0.2, 0.25) is 0 Å². The van der Waals surface area contributed by atoms with E-state index < -0.39 is 10.8 Å². The van der Waals surface area contributed by atoms with Gasteiger partial charge in [-0.3, -0.25) is 14.4 Å². The maximum atomic E-state index is 14.2. The van der Waals surface area contributed by atoms with E-state index in [1.807, 2.05) is 26.0 Å². The molecular weight excluding hydrogens is 436 g/mol. The molecule has 5 rings (SSSR count). The van der Waals surface area contributed by atoms with Crippen LogP contribution in [0.4, 0.5) is 0 Å². The molecule has 0 aromatic rings. The molecule has 0 bridgehead atoms. The predicted octanol–water partition coefficient (Wildman–Crippen LogP) is 6.08. The molecule has 0 radical (unpaired) electrons. The first-order chi connectivity index (χ1) is 16.1. The molecule has 0 N–H and O–H groups in total. The summed E-state index contributed by atoms with van der Waals surface area (Å²) >= 11 is 0. The molecule has 4 heteroatoms. The van der Waals surface area contributed by atoms with Gasteiger partial charge in [-0.15, -0.1) is 0 Å². The molecule has 0 amide bonds. The number of ketones is 2. The van der Waals surface area contributed by atoms with Crippen LogP contribution in [0.1, 0.15) is 93.4 Å². The van der Waals surface area contributed by atoms with E-state index in [1.165, 1.54) is 6.29 Å². The first-order valence-electron chi connectivity index (χ1n) is 13.6. The molecular formula is C31H42O4. The second kappa shape index (κ2) is 7.13. The highest BCUT2D eigenvalue weighted by Gasteiger charge is 2.69. The molecule has 4 nitrogen and oxygen atoms in total. The Balaban J connectivity index is 1.70. The monoisotopic (exact) mass is 478 g/mol. The lowest BCUT2D eigenvalue weighted by molar-refractivity contribution is -0.171. The summed E-state index contributed by atoms with van der Waals surface area (Å²) in [6, 6.07) is 0. The van der Waals surface area contributed by atoms with E-state index in [2.05, 4.69) is 34.6 Å². The molecule has 0 aliphatic heterocycles. The third kappa shape index (κ3) is 2.92. The van der Waals surface area contributed by atoms with Crippen LogP contribution in [0, 0.1) is 50.2 Å². The fourth-order valence-electron chi connectivity index (χ4n) is 9.93. The number of allylic oxidation sites excluding steroid dienone is 4. The fraction of sp³-hybridized carbons (Fsp3) is 0.742. The maximum absolute atomic E-state index is 14.2. The maximum Gasteiger partial charge on any atom is 0.171 e. The van der Waals surface area contributed by atoms with Gasteiger partial charge in [-0.2, -0.15) is 0 Å². The molecule has 2 unspecified atom stereocenters. The molecule has 0 saturated heterocycles. The largest absolute Gasteiger partial charge is 0.303 e. The normalized spacial score (nSPS) is 47.8. The van der Waals surface area contributed by atoms with E-state index in [1.54, 1.807) is 0 Å². The Labute approximate surface area is 210 Å². The number of hydrogen-bond donors (Lipinski definition) is 0. The van der Waals surface area contributed by atoms with Gasteiger partial charge in [0.15, 0.2) is 17.9 Å². The number of Topliss-reactive ketones (excluding diaryl/α,β-unsaturated/α-hetero) is 1. The van der Waals surface area contributed by atoms with Crippen LogP contribution in [-0.4, -0.2) is 24.1 Å². The van der Waals surface area contributed by atoms with Crippen LogP contribution >= 0.6 is 0 Å². The van der Waals surface area contributed by atoms with Gasteiger partial charge in [0.25, 0.3) is 0 Å². The Morgan fingerprint density at radius 1 is 0.886 bits per heavy atom. The summed E-state index contributed by atoms with van der Waals surface area (Å²) in [5.41, 5.74) is -0.566. The Morgan fingerprint density at radius 2 is 1.54 bits per heavy atom. The third-order valence-electron chi connectivity index (χ3n) is 12.2. The molecule has 0 aromatic heterocycles. The van der Waals surface area contributed by atoms with E-state index in [4.69, 9.17) is 0 Å². The average molecular weight is 479 g/mol. The van der Waals surface area contributed by atoms with Crippen LogP contribution in [0.25, 0.3) is 0 Å². The van der Waals surface area contributed by atoms with Crippen molar-refractivity contribution < 1.29 is 19.2 Å². The van der Waals surface area contributed by atoms with Crippen LogP contribution < -0.4 is 0 Å². The summed E-state index contributed by atoms with van der Waals surface area (Å²) in [6.07, 6.45) is 12.0. The lowest BCUT2D eigenvalue weighted by Gasteiger charge is -2.68. The van der Waals surface area contributed by atoms with Crippen molar-refractivity contribution in [3.8, 4) is 0 Å². The Kier molecular flexibility index (Phi) is 5.06. The number of fused-ring (bicyclic) bond motifs is 7. The molecule has 3 saturated carbocycles. The van der Waals surface area contributed by atoms with Crippen LogP contribution in [-0.2, 0) is 19.2 Å². The molecule has 0 spiro atoms. The van der Waals surface area contributed by atoms with Gasteiger partial charge in [-0.25, -0.2) is 0 Å². The zero-order valence-electron chi connectivity index (χ0n) is 22.6. The number of rotatable bonds is 2. The Morgan fingerprint density at radius 3 is 2.17 bits per heavy atom. The summed E-state index contributed by atoms with van der Waals surface area (Å²) in [4.78, 5) is 51.9. The quantitative estimate of drug-likeness (QED) is 0.356. The first kappa shape index (κ1) is 24.8. The minimum Gasteiger partial charge on any atom is -0.303 e. The number of carbonyl (C=O) groups is 4. The topological polar surface area (TPSA) is 68.3 Å². The van der Waals surface area contributed by atoms with Crippen LogP contribution in [0.3, 0.4) is 0 Å². The van der Waals surface area contributed by atoms with Gasteiger partial charge in [-0.1, -0.05) is 60.1 Å². The lowest BCUT2D eigenvalue weighted by atomic mass is 9.34. The summed E-state index contributed by atoms with van der Waals surface area (Å²) in [5.74, 6) is 0.0301. The van der Waals surface area contributed by atoms with Crippen molar-refractivity contribution in [1.29, 1.82) is 0 Å². The highest BCUT2D eigenvalue weighted by Crippen LogP contribution is 2.74. The van der Waals surface area contributed by atoms with Crippen molar-refractivity contribution in [2.24, 2.45) is 50.2 Å². The van der Waals surface area contributed by atoms with Gasteiger partial charge in [0.05, 0.1) is 5.57 Å².